The largest absolute Gasteiger partial charge is 0.444 e. The van der Waals surface area contributed by atoms with Crippen LogP contribution in [0.3, 0.4) is 0 Å². The molecule has 1 aliphatic rings. The molecule has 126 valence electrons. The molecule has 2 atom stereocenters. The number of carbonyl (C=O) groups is 1. The molecule has 3 N–H and O–H groups in total. The molecule has 1 aliphatic heterocycles. The second-order valence-electron chi connectivity index (χ2n) is 6.52. The minimum Gasteiger partial charge on any atom is -0.444 e. The van der Waals surface area contributed by atoms with Gasteiger partial charge >= 0.3 is 6.09 Å². The number of hydrogen-bond acceptors (Lipinski definition) is 5. The highest BCUT2D eigenvalue weighted by Gasteiger charge is 2.28. The van der Waals surface area contributed by atoms with Crippen molar-refractivity contribution in [1.29, 1.82) is 0 Å². The molecule has 1 aromatic carbocycles. The Labute approximate surface area is 144 Å². The highest BCUT2D eigenvalue weighted by Crippen LogP contribution is 2.28. The molecule has 1 aromatic rings. The number of halogens is 1. The van der Waals surface area contributed by atoms with Crippen LogP contribution in [-0.4, -0.2) is 30.2 Å². The Morgan fingerprint density at radius 2 is 2.13 bits per heavy atom. The fraction of sp³-hybridized carbons (Fsp3) is 0.500. The number of amidine groups is 1. The number of rotatable bonds is 1. The van der Waals surface area contributed by atoms with Crippen LogP contribution in [0.5, 0.6) is 0 Å². The number of alkyl carbamates (subject to hydrolysis) is 1. The van der Waals surface area contributed by atoms with Crippen LogP contribution in [0.4, 0.5) is 10.5 Å². The highest BCUT2D eigenvalue weighted by molar-refractivity contribution is 9.10. The molecule has 0 fully saturated rings. The predicted molar refractivity (Wildman–Crippen MR) is 93.5 cm³/mol. The second kappa shape index (κ2) is 6.88. The van der Waals surface area contributed by atoms with Crippen molar-refractivity contribution in [3.05, 3.63) is 28.2 Å². The van der Waals surface area contributed by atoms with Gasteiger partial charge in [0.15, 0.2) is 0 Å². The second-order valence-corrected chi connectivity index (χ2v) is 7.44. The molecule has 1 unspecified atom stereocenters. The van der Waals surface area contributed by atoms with E-state index in [2.05, 4.69) is 26.2 Å². The normalized spacial score (nSPS) is 21.5. The average molecular weight is 384 g/mol. The average Bonchev–Trinajstić information content (AvgIpc) is 2.34. The fourth-order valence-corrected chi connectivity index (χ4v) is 2.73. The number of nitrogens with two attached hydrogens (primary N) is 1. The van der Waals surface area contributed by atoms with E-state index in [0.29, 0.717) is 18.1 Å². The maximum absolute atomic E-state index is 12.0. The van der Waals surface area contributed by atoms with Crippen molar-refractivity contribution in [1.82, 2.24) is 5.32 Å². The van der Waals surface area contributed by atoms with Crippen molar-refractivity contribution in [2.75, 3.05) is 12.3 Å². The summed E-state index contributed by atoms with van der Waals surface area (Å²) < 4.78 is 12.0. The molecule has 0 bridgehead atoms. The smallest absolute Gasteiger partial charge is 0.413 e. The molecule has 0 saturated heterocycles. The summed E-state index contributed by atoms with van der Waals surface area (Å²) in [6, 6.07) is 5.45. The van der Waals surface area contributed by atoms with E-state index in [0.717, 1.165) is 10.0 Å². The van der Waals surface area contributed by atoms with Gasteiger partial charge in [0.05, 0.1) is 12.6 Å². The van der Waals surface area contributed by atoms with Crippen LogP contribution >= 0.6 is 15.9 Å². The Hall–Kier alpha value is -1.60. The van der Waals surface area contributed by atoms with E-state index in [1.807, 2.05) is 13.0 Å². The lowest BCUT2D eigenvalue weighted by Gasteiger charge is -2.28. The van der Waals surface area contributed by atoms with Crippen molar-refractivity contribution >= 4 is 33.5 Å². The summed E-state index contributed by atoms with van der Waals surface area (Å²) in [4.78, 5) is 16.5. The SMILES string of the molecule is CC1CO[C@H](c2cc(N)cc(Br)c2)C(NC(=O)OC(C)(C)C)=N1. The lowest BCUT2D eigenvalue weighted by Crippen LogP contribution is -2.42. The lowest BCUT2D eigenvalue weighted by atomic mass is 10.1. The fourth-order valence-electron chi connectivity index (χ4n) is 2.20. The molecular weight excluding hydrogens is 362 g/mol. The maximum Gasteiger partial charge on any atom is 0.413 e. The van der Waals surface area contributed by atoms with Crippen LogP contribution in [0.2, 0.25) is 0 Å². The number of aliphatic imine (C=N–C) groups is 1. The first-order valence-corrected chi connectivity index (χ1v) is 8.18. The molecule has 2 rings (SSSR count). The first-order valence-electron chi connectivity index (χ1n) is 7.39. The van der Waals surface area contributed by atoms with E-state index in [4.69, 9.17) is 15.2 Å². The molecule has 7 heteroatoms. The number of carbonyl (C=O) groups excluding carboxylic acids is 1. The summed E-state index contributed by atoms with van der Waals surface area (Å²) in [6.07, 6.45) is -1.04. The number of amides is 1. The van der Waals surface area contributed by atoms with Gasteiger partial charge in [0.1, 0.15) is 17.5 Å². The molecule has 6 nitrogen and oxygen atoms in total. The van der Waals surface area contributed by atoms with Gasteiger partial charge in [-0.3, -0.25) is 10.3 Å². The van der Waals surface area contributed by atoms with Crippen molar-refractivity contribution in [2.45, 2.75) is 45.4 Å². The van der Waals surface area contributed by atoms with E-state index in [-0.39, 0.29) is 6.04 Å². The Kier molecular flexibility index (Phi) is 5.31. The zero-order chi connectivity index (χ0) is 17.2. The van der Waals surface area contributed by atoms with Gasteiger partial charge in [-0.2, -0.15) is 0 Å². The number of benzene rings is 1. The first-order chi connectivity index (χ1) is 10.6. The van der Waals surface area contributed by atoms with Gasteiger partial charge in [-0.05, 0) is 51.5 Å². The molecule has 0 radical (unpaired) electrons. The van der Waals surface area contributed by atoms with Crippen LogP contribution in [0, 0.1) is 0 Å². The Bertz CT molecular complexity index is 605. The minimum atomic E-state index is -0.582. The molecule has 1 heterocycles. The number of nitrogens with zero attached hydrogens (tertiary/aromatic N) is 1. The van der Waals surface area contributed by atoms with E-state index in [1.165, 1.54) is 0 Å². The van der Waals surface area contributed by atoms with Crippen molar-refractivity contribution in [3.8, 4) is 0 Å². The summed E-state index contributed by atoms with van der Waals surface area (Å²) in [5.74, 6) is 0.426. The monoisotopic (exact) mass is 383 g/mol. The Morgan fingerprint density at radius 1 is 1.43 bits per heavy atom. The molecule has 0 aromatic heterocycles. The van der Waals surface area contributed by atoms with Crippen molar-refractivity contribution in [3.63, 3.8) is 0 Å². The summed E-state index contributed by atoms with van der Waals surface area (Å²) in [5, 5.41) is 2.70. The summed E-state index contributed by atoms with van der Waals surface area (Å²) in [7, 11) is 0. The van der Waals surface area contributed by atoms with Gasteiger partial charge < -0.3 is 15.2 Å². The summed E-state index contributed by atoms with van der Waals surface area (Å²) in [6.45, 7) is 7.81. The molecule has 0 spiro atoms. The van der Waals surface area contributed by atoms with E-state index < -0.39 is 17.8 Å². The molecule has 0 aliphatic carbocycles. The Balaban J connectivity index is 2.24. The molecule has 0 saturated carbocycles. The van der Waals surface area contributed by atoms with Crippen molar-refractivity contribution in [2.24, 2.45) is 4.99 Å². The number of ether oxygens (including phenoxy) is 2. The molecule has 1 amide bonds. The van der Waals surface area contributed by atoms with Gasteiger partial charge in [-0.25, -0.2) is 4.79 Å². The molecular formula is C16H22BrN3O3. The predicted octanol–water partition coefficient (Wildman–Crippen LogP) is 3.41. The van der Waals surface area contributed by atoms with Gasteiger partial charge in [0, 0.05) is 10.2 Å². The Morgan fingerprint density at radius 3 is 2.74 bits per heavy atom. The van der Waals surface area contributed by atoms with Crippen LogP contribution < -0.4 is 11.1 Å². The van der Waals surface area contributed by atoms with E-state index >= 15 is 0 Å². The van der Waals surface area contributed by atoms with Gasteiger partial charge in [0.2, 0.25) is 0 Å². The zero-order valence-electron chi connectivity index (χ0n) is 13.7. The summed E-state index contributed by atoms with van der Waals surface area (Å²) >= 11 is 3.41. The first kappa shape index (κ1) is 17.7. The lowest BCUT2D eigenvalue weighted by molar-refractivity contribution is 0.0511. The third kappa shape index (κ3) is 5.21. The van der Waals surface area contributed by atoms with Gasteiger partial charge in [-0.15, -0.1) is 0 Å². The number of nitrogens with one attached hydrogen (secondary N) is 1. The van der Waals surface area contributed by atoms with Gasteiger partial charge in [-0.1, -0.05) is 15.9 Å². The quantitative estimate of drug-likeness (QED) is 0.727. The number of hydrogen-bond donors (Lipinski definition) is 2. The third-order valence-corrected chi connectivity index (χ3v) is 3.44. The van der Waals surface area contributed by atoms with Gasteiger partial charge in [0.25, 0.3) is 0 Å². The zero-order valence-corrected chi connectivity index (χ0v) is 15.3. The number of anilines is 1. The third-order valence-electron chi connectivity index (χ3n) is 2.99. The molecule has 23 heavy (non-hydrogen) atoms. The topological polar surface area (TPSA) is 85.9 Å². The van der Waals surface area contributed by atoms with Crippen LogP contribution in [0.1, 0.15) is 39.4 Å². The van der Waals surface area contributed by atoms with Crippen molar-refractivity contribution < 1.29 is 14.3 Å². The van der Waals surface area contributed by atoms with Crippen LogP contribution in [-0.2, 0) is 9.47 Å². The van der Waals surface area contributed by atoms with Crippen LogP contribution in [0.15, 0.2) is 27.7 Å². The van der Waals surface area contributed by atoms with E-state index in [9.17, 15) is 4.79 Å². The minimum absolute atomic E-state index is 0.0410. The summed E-state index contributed by atoms with van der Waals surface area (Å²) in [5.41, 5.74) is 6.73. The standard InChI is InChI=1S/C16H22BrN3O3/c1-9-8-22-13(10-5-11(17)7-12(18)6-10)14(19-9)20-15(21)23-16(2,3)4/h5-7,9,13H,8,18H2,1-4H3,(H,19,20,21)/t9?,13-/m1/s1. The maximum atomic E-state index is 12.0. The number of nitrogen functional groups attached to an aromatic ring is 1. The highest BCUT2D eigenvalue weighted by atomic mass is 79.9. The van der Waals surface area contributed by atoms with Crippen LogP contribution in [0.25, 0.3) is 0 Å². The van der Waals surface area contributed by atoms with E-state index in [1.54, 1.807) is 32.9 Å².